The molecule has 0 saturated heterocycles. The van der Waals surface area contributed by atoms with E-state index in [2.05, 4.69) is 6.58 Å². The van der Waals surface area contributed by atoms with E-state index in [0.29, 0.717) is 36.8 Å². The molecule has 0 amide bonds. The van der Waals surface area contributed by atoms with E-state index in [0.717, 1.165) is 0 Å². The summed E-state index contributed by atoms with van der Waals surface area (Å²) in [6.45, 7) is 11.4. The minimum absolute atomic E-state index is 0.0164. The molecule has 210 valence electrons. The molecule has 0 spiro atoms. The highest BCUT2D eigenvalue weighted by atomic mass is 32.2. The Morgan fingerprint density at radius 2 is 1.79 bits per heavy atom. The van der Waals surface area contributed by atoms with Crippen molar-refractivity contribution in [3.8, 4) is 0 Å². The van der Waals surface area contributed by atoms with Crippen LogP contribution in [-0.2, 0) is 35.2 Å². The zero-order chi connectivity index (χ0) is 28.5. The third-order valence-corrected chi connectivity index (χ3v) is 9.12. The van der Waals surface area contributed by atoms with Crippen LogP contribution in [0.15, 0.2) is 53.8 Å². The molecule has 2 aliphatic rings. The number of rotatable bonds is 9. The lowest BCUT2D eigenvalue weighted by Crippen LogP contribution is -2.36. The highest BCUT2D eigenvalue weighted by Crippen LogP contribution is 2.55. The molecule has 0 heterocycles. The maximum atomic E-state index is 13.4. The van der Waals surface area contributed by atoms with E-state index in [9.17, 15) is 31.2 Å². The van der Waals surface area contributed by atoms with Crippen LogP contribution in [-0.4, -0.2) is 25.7 Å². The van der Waals surface area contributed by atoms with E-state index in [1.54, 1.807) is 37.3 Å². The van der Waals surface area contributed by atoms with E-state index in [1.165, 1.54) is 0 Å². The molecule has 0 N–H and O–H groups in total. The van der Waals surface area contributed by atoms with Crippen molar-refractivity contribution in [1.82, 2.24) is 0 Å². The number of ether oxygens (including phenoxy) is 1. The number of benzene rings is 1. The van der Waals surface area contributed by atoms with Crippen molar-refractivity contribution in [2.45, 2.75) is 78.3 Å². The van der Waals surface area contributed by atoms with Crippen LogP contribution in [0.25, 0.3) is 0 Å². The topological polar surface area (TPSA) is 86.7 Å². The monoisotopic (exact) mass is 556 g/mol. The second-order valence-electron chi connectivity index (χ2n) is 11.1. The van der Waals surface area contributed by atoms with Gasteiger partial charge in [0.25, 0.3) is 0 Å². The SMILES string of the molecule is C=C1C(=O)C[C@H](C(C)C)[C@@]1(C)CC[C@]1(C)CCCC(C(=O)OCc2ccccc2)=C1OS(=O)(=O)C(F)(F)F. The minimum atomic E-state index is -6.04. The van der Waals surface area contributed by atoms with Crippen LogP contribution in [0.2, 0.25) is 0 Å². The van der Waals surface area contributed by atoms with Crippen molar-refractivity contribution in [1.29, 1.82) is 0 Å². The standard InChI is InChI=1S/C28H35F3O6S/c1-18(2)22-16-23(32)19(3)27(22,5)15-14-26(4)13-9-12-21(24(26)37-38(34,35)28(29,30)31)25(33)36-17-20-10-7-6-8-11-20/h6-8,10-11,18,22H,3,9,12-17H2,1-2,4-5H3/t22-,26+,27+/m1/s1. The third-order valence-electron chi connectivity index (χ3n) is 8.16. The Labute approximate surface area is 222 Å². The molecule has 3 atom stereocenters. The number of allylic oxidation sites excluding steroid dienone is 2. The van der Waals surface area contributed by atoms with Gasteiger partial charge in [-0.15, -0.1) is 0 Å². The number of hydrogen-bond donors (Lipinski definition) is 0. The summed E-state index contributed by atoms with van der Waals surface area (Å²) in [5.74, 6) is -1.35. The van der Waals surface area contributed by atoms with Crippen molar-refractivity contribution in [3.63, 3.8) is 0 Å². The third kappa shape index (κ3) is 6.00. The second-order valence-corrected chi connectivity index (χ2v) is 12.7. The molecule has 10 heteroatoms. The van der Waals surface area contributed by atoms with Crippen LogP contribution in [0.1, 0.15) is 71.8 Å². The van der Waals surface area contributed by atoms with E-state index in [-0.39, 0.29) is 42.6 Å². The lowest BCUT2D eigenvalue weighted by Gasteiger charge is -2.41. The van der Waals surface area contributed by atoms with Gasteiger partial charge in [0.15, 0.2) is 5.78 Å². The normalized spacial score (nSPS) is 26.7. The molecule has 1 aromatic rings. The summed E-state index contributed by atoms with van der Waals surface area (Å²) in [7, 11) is -6.04. The Balaban J connectivity index is 1.98. The van der Waals surface area contributed by atoms with Crippen molar-refractivity contribution in [3.05, 3.63) is 59.4 Å². The summed E-state index contributed by atoms with van der Waals surface area (Å²) in [5.41, 5.74) is -6.58. The first-order chi connectivity index (χ1) is 17.5. The molecule has 0 aliphatic heterocycles. The lowest BCUT2D eigenvalue weighted by molar-refractivity contribution is -0.141. The number of alkyl halides is 3. The molecule has 1 saturated carbocycles. The van der Waals surface area contributed by atoms with Crippen LogP contribution in [0.5, 0.6) is 0 Å². The van der Waals surface area contributed by atoms with E-state index in [1.807, 2.05) is 20.8 Å². The first-order valence-electron chi connectivity index (χ1n) is 12.7. The van der Waals surface area contributed by atoms with Crippen LogP contribution in [0, 0.1) is 22.7 Å². The molecule has 0 bridgehead atoms. The summed E-state index contributed by atoms with van der Waals surface area (Å²) < 4.78 is 74.4. The summed E-state index contributed by atoms with van der Waals surface area (Å²) >= 11 is 0. The Morgan fingerprint density at radius 3 is 2.37 bits per heavy atom. The van der Waals surface area contributed by atoms with E-state index < -0.39 is 38.2 Å². The van der Waals surface area contributed by atoms with Crippen LogP contribution < -0.4 is 0 Å². The first kappa shape index (κ1) is 29.9. The van der Waals surface area contributed by atoms with E-state index >= 15 is 0 Å². The first-order valence-corrected chi connectivity index (χ1v) is 14.1. The quantitative estimate of drug-likeness (QED) is 0.147. The largest absolute Gasteiger partial charge is 0.534 e. The Kier molecular flexibility index (Phi) is 8.56. The summed E-state index contributed by atoms with van der Waals surface area (Å²) in [4.78, 5) is 25.6. The van der Waals surface area contributed by atoms with Crippen LogP contribution >= 0.6 is 0 Å². The maximum absolute atomic E-state index is 13.4. The zero-order valence-electron chi connectivity index (χ0n) is 22.2. The van der Waals surface area contributed by atoms with Gasteiger partial charge in [-0.25, -0.2) is 4.79 Å². The van der Waals surface area contributed by atoms with Crippen molar-refractivity contribution in [2.75, 3.05) is 0 Å². The molecule has 38 heavy (non-hydrogen) atoms. The van der Waals surface area contributed by atoms with Gasteiger partial charge in [0.2, 0.25) is 0 Å². The molecule has 0 aromatic heterocycles. The molecule has 3 rings (SSSR count). The molecule has 6 nitrogen and oxygen atoms in total. The van der Waals surface area contributed by atoms with Crippen molar-refractivity contribution >= 4 is 21.9 Å². The minimum Gasteiger partial charge on any atom is -0.457 e. The molecular weight excluding hydrogens is 521 g/mol. The number of ketones is 1. The number of esters is 1. The molecular formula is C28H35F3O6S. The molecule has 2 aliphatic carbocycles. The average molecular weight is 557 g/mol. The summed E-state index contributed by atoms with van der Waals surface area (Å²) in [5, 5.41) is 0. The van der Waals surface area contributed by atoms with Crippen molar-refractivity contribution in [2.24, 2.45) is 22.7 Å². The number of carbonyl (C=O) groups excluding carboxylic acids is 2. The number of hydrogen-bond acceptors (Lipinski definition) is 6. The van der Waals surface area contributed by atoms with Gasteiger partial charge in [0.05, 0.1) is 5.57 Å². The number of Topliss-reactive ketones (excluding diaryl/α,β-unsaturated/α-hetero) is 1. The second kappa shape index (κ2) is 10.9. The van der Waals surface area contributed by atoms with Gasteiger partial charge in [0, 0.05) is 11.8 Å². The lowest BCUT2D eigenvalue weighted by atomic mass is 9.65. The fourth-order valence-corrected chi connectivity index (χ4v) is 6.35. The van der Waals surface area contributed by atoms with Crippen LogP contribution in [0.4, 0.5) is 13.2 Å². The maximum Gasteiger partial charge on any atom is 0.534 e. The van der Waals surface area contributed by atoms with Crippen molar-refractivity contribution < 1.29 is 40.1 Å². The molecule has 0 radical (unpaired) electrons. The highest BCUT2D eigenvalue weighted by molar-refractivity contribution is 7.87. The summed E-state index contributed by atoms with van der Waals surface area (Å²) in [6.07, 6.45) is 1.63. The fraction of sp³-hybridized carbons (Fsp3) is 0.571. The zero-order valence-corrected chi connectivity index (χ0v) is 23.0. The van der Waals surface area contributed by atoms with Crippen LogP contribution in [0.3, 0.4) is 0 Å². The Bertz CT molecular complexity index is 1220. The Hall–Kier alpha value is -2.62. The smallest absolute Gasteiger partial charge is 0.457 e. The fourth-order valence-electron chi connectivity index (χ4n) is 5.73. The van der Waals surface area contributed by atoms with Gasteiger partial charge in [0.1, 0.15) is 12.4 Å². The molecule has 0 unspecified atom stereocenters. The predicted molar refractivity (Wildman–Crippen MR) is 136 cm³/mol. The van der Waals surface area contributed by atoms with Gasteiger partial charge in [-0.3, -0.25) is 4.79 Å². The Morgan fingerprint density at radius 1 is 1.16 bits per heavy atom. The van der Waals surface area contributed by atoms with Gasteiger partial charge in [-0.1, -0.05) is 64.6 Å². The summed E-state index contributed by atoms with van der Waals surface area (Å²) in [6, 6.07) is 8.72. The molecule has 1 aromatic carbocycles. The average Bonchev–Trinajstić information content (AvgIpc) is 3.07. The van der Waals surface area contributed by atoms with Gasteiger partial charge in [-0.05, 0) is 60.5 Å². The number of halogens is 3. The van der Waals surface area contributed by atoms with Gasteiger partial charge in [-0.2, -0.15) is 21.6 Å². The predicted octanol–water partition coefficient (Wildman–Crippen LogP) is 6.63. The van der Waals surface area contributed by atoms with Gasteiger partial charge < -0.3 is 8.92 Å². The van der Waals surface area contributed by atoms with E-state index in [4.69, 9.17) is 8.92 Å². The number of carbonyl (C=O) groups is 2. The van der Waals surface area contributed by atoms with Gasteiger partial charge >= 0.3 is 21.6 Å². The highest BCUT2D eigenvalue weighted by Gasteiger charge is 2.53. The molecule has 1 fully saturated rings.